The summed E-state index contributed by atoms with van der Waals surface area (Å²) in [6.45, 7) is -0.444. The van der Waals surface area contributed by atoms with Crippen LogP contribution >= 0.6 is 0 Å². The summed E-state index contributed by atoms with van der Waals surface area (Å²) in [5, 5.41) is 6.52. The van der Waals surface area contributed by atoms with Crippen molar-refractivity contribution < 1.29 is 53.1 Å². The Morgan fingerprint density at radius 2 is 1.74 bits per heavy atom. The molecule has 210 valence electrons. The number of fused-ring (bicyclic) bond motifs is 1. The van der Waals surface area contributed by atoms with E-state index in [9.17, 15) is 39.6 Å². The Morgan fingerprint density at radius 3 is 2.33 bits per heavy atom. The molecule has 1 aliphatic rings. The fourth-order valence-corrected chi connectivity index (χ4v) is 5.20. The van der Waals surface area contributed by atoms with E-state index in [0.717, 1.165) is 35.2 Å². The van der Waals surface area contributed by atoms with E-state index in [1.54, 1.807) is 0 Å². The molecule has 4 rings (SSSR count). The minimum Gasteiger partial charge on any atom is -0.418 e. The molecule has 0 spiro atoms. The molecular formula is C21H16F7N5O5S. The molecule has 0 aliphatic carbocycles. The monoisotopic (exact) mass is 583 g/mol. The first-order chi connectivity index (χ1) is 18.0. The van der Waals surface area contributed by atoms with Crippen molar-refractivity contribution in [3.8, 4) is 17.2 Å². The van der Waals surface area contributed by atoms with Crippen LogP contribution in [0.25, 0.3) is 11.5 Å². The molecule has 4 N–H and O–H groups in total. The normalized spacial score (nSPS) is 18.4. The summed E-state index contributed by atoms with van der Waals surface area (Å²) in [4.78, 5) is 13.2. The Kier molecular flexibility index (Phi) is 7.07. The minimum atomic E-state index is -4.97. The molecule has 1 aromatic heterocycles. The van der Waals surface area contributed by atoms with Crippen molar-refractivity contribution in [1.29, 1.82) is 0 Å². The third-order valence-corrected chi connectivity index (χ3v) is 7.24. The second kappa shape index (κ2) is 9.76. The molecule has 0 saturated heterocycles. The number of nitrogens with two attached hydrogens (primary N) is 2. The highest BCUT2D eigenvalue weighted by Crippen LogP contribution is 2.38. The topological polar surface area (TPSA) is 155 Å². The van der Waals surface area contributed by atoms with Crippen LogP contribution in [0.4, 0.5) is 36.4 Å². The number of anilines is 1. The van der Waals surface area contributed by atoms with Crippen molar-refractivity contribution >= 4 is 21.4 Å². The second-order valence-electron chi connectivity index (χ2n) is 8.27. The lowest BCUT2D eigenvalue weighted by atomic mass is 10.1. The van der Waals surface area contributed by atoms with E-state index in [1.807, 2.05) is 0 Å². The molecule has 1 unspecified atom stereocenters. The minimum absolute atomic E-state index is 0.192. The molecule has 0 saturated carbocycles. The second-order valence-corrected chi connectivity index (χ2v) is 10.3. The zero-order chi connectivity index (χ0) is 28.9. The van der Waals surface area contributed by atoms with E-state index < -0.39 is 92.2 Å². The lowest BCUT2D eigenvalue weighted by Crippen LogP contribution is -2.45. The number of carbonyl (C=O) groups excluding carboxylic acids is 1. The van der Waals surface area contributed by atoms with Crippen LogP contribution in [-0.4, -0.2) is 48.9 Å². The van der Waals surface area contributed by atoms with Gasteiger partial charge in [0, 0.05) is 0 Å². The third-order valence-electron chi connectivity index (χ3n) is 5.44. The predicted octanol–water partition coefficient (Wildman–Crippen LogP) is 2.98. The van der Waals surface area contributed by atoms with Gasteiger partial charge in [-0.05, 0) is 29.8 Å². The van der Waals surface area contributed by atoms with Crippen LogP contribution in [-0.2, 0) is 21.2 Å². The maximum Gasteiger partial charge on any atom is 0.573 e. The van der Waals surface area contributed by atoms with Crippen molar-refractivity contribution in [3.63, 3.8) is 0 Å². The van der Waals surface area contributed by atoms with Crippen LogP contribution in [0, 0.1) is 5.82 Å². The van der Waals surface area contributed by atoms with Gasteiger partial charge in [0.25, 0.3) is 5.89 Å². The molecule has 3 aromatic rings. The van der Waals surface area contributed by atoms with Gasteiger partial charge in [0.1, 0.15) is 11.6 Å². The Labute approximate surface area is 214 Å². The van der Waals surface area contributed by atoms with E-state index >= 15 is 4.39 Å². The summed E-state index contributed by atoms with van der Waals surface area (Å²) in [5.74, 6) is -5.60. The lowest BCUT2D eigenvalue weighted by Gasteiger charge is -2.24. The maximum atomic E-state index is 15.0. The highest BCUT2D eigenvalue weighted by atomic mass is 32.2. The van der Waals surface area contributed by atoms with Gasteiger partial charge >= 0.3 is 12.5 Å². The molecular weight excluding hydrogens is 567 g/mol. The molecule has 0 fully saturated rings. The van der Waals surface area contributed by atoms with E-state index in [2.05, 4.69) is 14.9 Å². The van der Waals surface area contributed by atoms with Crippen molar-refractivity contribution in [2.45, 2.75) is 36.1 Å². The number of halogens is 7. The Balaban J connectivity index is 1.79. The largest absolute Gasteiger partial charge is 0.573 e. The summed E-state index contributed by atoms with van der Waals surface area (Å²) in [7, 11) is -4.37. The molecule has 1 amide bonds. The molecule has 0 radical (unpaired) electrons. The molecule has 18 heteroatoms. The number of sulfone groups is 1. The van der Waals surface area contributed by atoms with Crippen LogP contribution in [0.15, 0.2) is 45.7 Å². The van der Waals surface area contributed by atoms with E-state index in [0.29, 0.717) is 6.07 Å². The first-order valence-corrected chi connectivity index (χ1v) is 12.3. The number of carbonyl (C=O) groups is 1. The number of amides is 1. The van der Waals surface area contributed by atoms with Gasteiger partial charge in [-0.25, -0.2) is 12.8 Å². The SMILES string of the molecule is NC(c1nnc(-c2cc3c(cc2F)S(=O)(=O)C[C@H](N)C(=O)N3Cc2ccc(OC(F)(F)F)cc2)o1)C(F)(F)F. The fraction of sp³-hybridized carbons (Fsp3) is 0.286. The summed E-state index contributed by atoms with van der Waals surface area (Å²) < 4.78 is 126. The Bertz CT molecular complexity index is 1510. The summed E-state index contributed by atoms with van der Waals surface area (Å²) in [6.07, 6.45) is -9.92. The number of benzene rings is 2. The van der Waals surface area contributed by atoms with Crippen molar-refractivity contribution in [3.05, 3.63) is 53.7 Å². The van der Waals surface area contributed by atoms with Crippen LogP contribution in [0.1, 0.15) is 17.5 Å². The first kappa shape index (κ1) is 28.2. The van der Waals surface area contributed by atoms with E-state index in [1.165, 1.54) is 0 Å². The molecule has 2 aromatic carbocycles. The number of ether oxygens (including phenoxy) is 1. The lowest BCUT2D eigenvalue weighted by molar-refractivity contribution is -0.274. The molecule has 2 atom stereocenters. The number of nitrogens with zero attached hydrogens (tertiary/aromatic N) is 3. The van der Waals surface area contributed by atoms with E-state index in [-0.39, 0.29) is 5.56 Å². The third kappa shape index (κ3) is 5.96. The molecule has 1 aliphatic heterocycles. The van der Waals surface area contributed by atoms with Crippen molar-refractivity contribution in [2.75, 3.05) is 10.7 Å². The number of hydrogen-bond donors (Lipinski definition) is 2. The van der Waals surface area contributed by atoms with Crippen LogP contribution in [0.5, 0.6) is 5.75 Å². The highest BCUT2D eigenvalue weighted by molar-refractivity contribution is 7.91. The smallest absolute Gasteiger partial charge is 0.418 e. The zero-order valence-electron chi connectivity index (χ0n) is 19.1. The van der Waals surface area contributed by atoms with Crippen molar-refractivity contribution in [2.24, 2.45) is 11.5 Å². The van der Waals surface area contributed by atoms with Gasteiger partial charge in [0.05, 0.1) is 34.5 Å². The first-order valence-electron chi connectivity index (χ1n) is 10.6. The van der Waals surface area contributed by atoms with Gasteiger partial charge in [-0.2, -0.15) is 13.2 Å². The number of alkyl halides is 6. The molecule has 39 heavy (non-hydrogen) atoms. The number of aromatic nitrogens is 2. The maximum absolute atomic E-state index is 15.0. The summed E-state index contributed by atoms with van der Waals surface area (Å²) in [6, 6.07) is 1.23. The van der Waals surface area contributed by atoms with Crippen LogP contribution in [0.3, 0.4) is 0 Å². The van der Waals surface area contributed by atoms with Gasteiger partial charge in [-0.3, -0.25) is 4.79 Å². The van der Waals surface area contributed by atoms with E-state index in [4.69, 9.17) is 15.9 Å². The Morgan fingerprint density at radius 1 is 1.10 bits per heavy atom. The zero-order valence-corrected chi connectivity index (χ0v) is 19.9. The van der Waals surface area contributed by atoms with Crippen LogP contribution < -0.4 is 21.1 Å². The van der Waals surface area contributed by atoms with Gasteiger partial charge in [-0.15, -0.1) is 23.4 Å². The van der Waals surface area contributed by atoms with Gasteiger partial charge in [0.15, 0.2) is 15.9 Å². The Hall–Kier alpha value is -3.77. The average molecular weight is 583 g/mol. The quantitative estimate of drug-likeness (QED) is 0.432. The van der Waals surface area contributed by atoms with Gasteiger partial charge in [-0.1, -0.05) is 12.1 Å². The molecule has 2 heterocycles. The summed E-state index contributed by atoms with van der Waals surface area (Å²) in [5.41, 5.74) is 9.90. The highest BCUT2D eigenvalue weighted by Gasteiger charge is 2.42. The van der Waals surface area contributed by atoms with Crippen molar-refractivity contribution in [1.82, 2.24) is 10.2 Å². The summed E-state index contributed by atoms with van der Waals surface area (Å²) >= 11 is 0. The van der Waals surface area contributed by atoms with Gasteiger partial charge < -0.3 is 25.5 Å². The predicted molar refractivity (Wildman–Crippen MR) is 117 cm³/mol. The van der Waals surface area contributed by atoms with Gasteiger partial charge in [0.2, 0.25) is 11.8 Å². The number of rotatable bonds is 5. The molecule has 10 nitrogen and oxygen atoms in total. The number of hydrogen-bond acceptors (Lipinski definition) is 9. The van der Waals surface area contributed by atoms with Crippen LogP contribution in [0.2, 0.25) is 0 Å². The average Bonchev–Trinajstić information content (AvgIpc) is 3.28. The molecule has 0 bridgehead atoms. The standard InChI is InChI=1S/C21H16F7N5O5S/c22-12-6-15-14(5-11(12)17-31-32-18(37-17)16(30)20(23,24)25)33(19(34)13(29)8-39(15,35)36)7-9-1-3-10(4-2-9)38-21(26,27)28/h1-6,13,16H,7-8,29-30H2/t13-,16?/m0/s1. The fourth-order valence-electron chi connectivity index (χ4n) is 3.64.